The zero-order chi connectivity index (χ0) is 10.7. The van der Waals surface area contributed by atoms with Crippen LogP contribution in [0.2, 0.25) is 0 Å². The fourth-order valence-electron chi connectivity index (χ4n) is 1.14. The first-order valence-electron chi connectivity index (χ1n) is 4.31. The Morgan fingerprint density at radius 2 is 2.33 bits per heavy atom. The number of aromatic amines is 1. The molecule has 0 saturated carbocycles. The number of fused-ring (bicyclic) bond motifs is 1. The van der Waals surface area contributed by atoms with Gasteiger partial charge in [-0.05, 0) is 0 Å². The first-order valence-corrected chi connectivity index (χ1v) is 4.84. The fraction of sp³-hybridized carbons (Fsp3) is 0.250. The highest BCUT2D eigenvalue weighted by atomic mass is 35.5. The van der Waals surface area contributed by atoms with E-state index in [4.69, 9.17) is 11.6 Å². The first kappa shape index (κ1) is 9.85. The van der Waals surface area contributed by atoms with Crippen molar-refractivity contribution in [2.24, 2.45) is 0 Å². The molecule has 2 aromatic heterocycles. The highest BCUT2D eigenvalue weighted by molar-refractivity contribution is 6.19. The summed E-state index contributed by atoms with van der Waals surface area (Å²) in [5, 5.41) is 2.63. The van der Waals surface area contributed by atoms with Crippen LogP contribution in [0.3, 0.4) is 0 Å². The summed E-state index contributed by atoms with van der Waals surface area (Å²) in [6.07, 6.45) is 3.09. The number of H-pyrrole nitrogens is 1. The summed E-state index contributed by atoms with van der Waals surface area (Å²) >= 11 is 5.45. The number of hydrogen-bond donors (Lipinski definition) is 2. The van der Waals surface area contributed by atoms with Gasteiger partial charge in [-0.1, -0.05) is 0 Å². The molecule has 0 aliphatic rings. The molecule has 78 valence electrons. The molecule has 0 unspecified atom stereocenters. The van der Waals surface area contributed by atoms with Crippen molar-refractivity contribution in [3.05, 3.63) is 12.7 Å². The van der Waals surface area contributed by atoms with E-state index in [1.165, 1.54) is 12.7 Å². The lowest BCUT2D eigenvalue weighted by Gasteiger charge is -2.02. The van der Waals surface area contributed by atoms with Crippen molar-refractivity contribution < 1.29 is 4.79 Å². The van der Waals surface area contributed by atoms with Gasteiger partial charge in [0.05, 0.1) is 6.33 Å². The molecular formula is C8H8ClN5O. The number of nitrogens with one attached hydrogen (secondary N) is 2. The second-order valence-electron chi connectivity index (χ2n) is 2.81. The third kappa shape index (κ3) is 2.04. The average molecular weight is 226 g/mol. The quantitative estimate of drug-likeness (QED) is 0.761. The lowest BCUT2D eigenvalue weighted by atomic mass is 10.4. The zero-order valence-electron chi connectivity index (χ0n) is 7.70. The van der Waals surface area contributed by atoms with Gasteiger partial charge in [0.25, 0.3) is 0 Å². The summed E-state index contributed by atoms with van der Waals surface area (Å²) < 4.78 is 0. The van der Waals surface area contributed by atoms with Crippen LogP contribution in [0.5, 0.6) is 0 Å². The van der Waals surface area contributed by atoms with Gasteiger partial charge in [-0.3, -0.25) is 4.79 Å². The third-order valence-corrected chi connectivity index (χ3v) is 1.99. The predicted octanol–water partition coefficient (Wildman–Crippen LogP) is 0.920. The minimum absolute atomic E-state index is 0.181. The van der Waals surface area contributed by atoms with Crippen molar-refractivity contribution in [2.75, 3.05) is 11.2 Å². The molecule has 2 N–H and O–H groups in total. The van der Waals surface area contributed by atoms with E-state index in [9.17, 15) is 4.79 Å². The summed E-state index contributed by atoms with van der Waals surface area (Å²) in [4.78, 5) is 26.0. The Hall–Kier alpha value is -1.69. The zero-order valence-corrected chi connectivity index (χ0v) is 8.45. The Labute approximate surface area is 90.1 Å². The minimum Gasteiger partial charge on any atom is -0.340 e. The number of halogens is 1. The number of rotatable bonds is 3. The molecule has 2 rings (SSSR count). The molecule has 2 aromatic rings. The summed E-state index contributed by atoms with van der Waals surface area (Å²) in [6.45, 7) is 0. The van der Waals surface area contributed by atoms with Crippen LogP contribution >= 0.6 is 11.6 Å². The van der Waals surface area contributed by atoms with E-state index >= 15 is 0 Å². The molecular weight excluding hydrogens is 218 g/mol. The maximum atomic E-state index is 11.3. The number of alkyl halides is 1. The van der Waals surface area contributed by atoms with Crippen LogP contribution in [-0.2, 0) is 4.79 Å². The van der Waals surface area contributed by atoms with Crippen LogP contribution in [0.25, 0.3) is 11.2 Å². The highest BCUT2D eigenvalue weighted by Crippen LogP contribution is 2.14. The van der Waals surface area contributed by atoms with E-state index in [1.807, 2.05) is 0 Å². The number of hydrogen-bond acceptors (Lipinski definition) is 4. The predicted molar refractivity (Wildman–Crippen MR) is 55.7 cm³/mol. The van der Waals surface area contributed by atoms with Gasteiger partial charge in [0.15, 0.2) is 11.5 Å². The van der Waals surface area contributed by atoms with E-state index in [1.54, 1.807) is 0 Å². The standard InChI is InChI=1S/C8H8ClN5O/c9-2-1-5(15)14-8-6-7(11-3-10-6)12-4-13-8/h3-4H,1-2H2,(H2,10,11,12,13,14,15). The summed E-state index contributed by atoms with van der Waals surface area (Å²) in [6, 6.07) is 0. The van der Waals surface area contributed by atoms with Gasteiger partial charge in [-0.2, -0.15) is 0 Å². The van der Waals surface area contributed by atoms with E-state index in [-0.39, 0.29) is 18.2 Å². The molecule has 0 bridgehead atoms. The number of aromatic nitrogens is 4. The van der Waals surface area contributed by atoms with Crippen molar-refractivity contribution in [2.45, 2.75) is 6.42 Å². The van der Waals surface area contributed by atoms with Crippen LogP contribution in [0, 0.1) is 0 Å². The van der Waals surface area contributed by atoms with Crippen LogP contribution in [0.1, 0.15) is 6.42 Å². The average Bonchev–Trinajstić information content (AvgIpc) is 2.67. The van der Waals surface area contributed by atoms with Crippen LogP contribution in [0.15, 0.2) is 12.7 Å². The molecule has 0 atom stereocenters. The lowest BCUT2D eigenvalue weighted by Crippen LogP contribution is -2.13. The fourth-order valence-corrected chi connectivity index (χ4v) is 1.31. The Kier molecular flexibility index (Phi) is 2.77. The van der Waals surface area contributed by atoms with Gasteiger partial charge >= 0.3 is 0 Å². The third-order valence-electron chi connectivity index (χ3n) is 1.80. The summed E-state index contributed by atoms with van der Waals surface area (Å²) in [5.41, 5.74) is 1.13. The van der Waals surface area contributed by atoms with E-state index in [2.05, 4.69) is 25.3 Å². The van der Waals surface area contributed by atoms with Gasteiger partial charge in [-0.15, -0.1) is 11.6 Å². The molecule has 0 radical (unpaired) electrons. The molecule has 15 heavy (non-hydrogen) atoms. The van der Waals surface area contributed by atoms with Gasteiger partial charge in [-0.25, -0.2) is 15.0 Å². The minimum atomic E-state index is -0.181. The first-order chi connectivity index (χ1) is 7.31. The highest BCUT2D eigenvalue weighted by Gasteiger charge is 2.08. The molecule has 0 fully saturated rings. The number of amides is 1. The Morgan fingerprint density at radius 1 is 1.47 bits per heavy atom. The Balaban J connectivity index is 2.27. The molecule has 0 spiro atoms. The van der Waals surface area contributed by atoms with Crippen LogP contribution in [-0.4, -0.2) is 31.7 Å². The maximum Gasteiger partial charge on any atom is 0.226 e. The molecule has 0 saturated heterocycles. The van der Waals surface area contributed by atoms with E-state index in [0.717, 1.165) is 0 Å². The normalized spacial score (nSPS) is 10.5. The van der Waals surface area contributed by atoms with Crippen molar-refractivity contribution in [1.82, 2.24) is 19.9 Å². The number of carbonyl (C=O) groups is 1. The van der Waals surface area contributed by atoms with Crippen molar-refractivity contribution in [3.63, 3.8) is 0 Å². The molecule has 0 aliphatic carbocycles. The Bertz CT molecular complexity index is 483. The number of carbonyl (C=O) groups excluding carboxylic acids is 1. The van der Waals surface area contributed by atoms with E-state index < -0.39 is 0 Å². The molecule has 2 heterocycles. The van der Waals surface area contributed by atoms with Gasteiger partial charge in [0, 0.05) is 12.3 Å². The number of anilines is 1. The van der Waals surface area contributed by atoms with Crippen LogP contribution in [0.4, 0.5) is 5.82 Å². The van der Waals surface area contributed by atoms with Crippen LogP contribution < -0.4 is 5.32 Å². The van der Waals surface area contributed by atoms with Gasteiger partial charge in [0.1, 0.15) is 11.8 Å². The van der Waals surface area contributed by atoms with Gasteiger partial charge < -0.3 is 10.3 Å². The second kappa shape index (κ2) is 4.22. The summed E-state index contributed by atoms with van der Waals surface area (Å²) in [7, 11) is 0. The second-order valence-corrected chi connectivity index (χ2v) is 3.19. The lowest BCUT2D eigenvalue weighted by molar-refractivity contribution is -0.115. The monoisotopic (exact) mass is 225 g/mol. The smallest absolute Gasteiger partial charge is 0.226 e. The van der Waals surface area contributed by atoms with Gasteiger partial charge in [0.2, 0.25) is 5.91 Å². The SMILES string of the molecule is O=C(CCCl)Nc1ncnc2nc[nH]c12. The molecule has 0 aromatic carbocycles. The largest absolute Gasteiger partial charge is 0.340 e. The molecule has 6 nitrogen and oxygen atoms in total. The molecule has 1 amide bonds. The topological polar surface area (TPSA) is 83.6 Å². The van der Waals surface area contributed by atoms with E-state index in [0.29, 0.717) is 17.0 Å². The van der Waals surface area contributed by atoms with Crippen molar-refractivity contribution in [3.8, 4) is 0 Å². The molecule has 0 aliphatic heterocycles. The maximum absolute atomic E-state index is 11.3. The van der Waals surface area contributed by atoms with Crippen molar-refractivity contribution >= 4 is 34.5 Å². The van der Waals surface area contributed by atoms with Crippen molar-refractivity contribution in [1.29, 1.82) is 0 Å². The number of nitrogens with zero attached hydrogens (tertiary/aromatic N) is 3. The Morgan fingerprint density at radius 3 is 3.13 bits per heavy atom. The number of imidazole rings is 1. The molecule has 7 heteroatoms. The summed E-state index contributed by atoms with van der Waals surface area (Å²) in [5.74, 6) is 0.524.